The molecular formula is C25H33N3O5. The van der Waals surface area contributed by atoms with Gasteiger partial charge in [-0.25, -0.2) is 5.43 Å². The van der Waals surface area contributed by atoms with Crippen LogP contribution in [0.15, 0.2) is 47.6 Å². The zero-order valence-corrected chi connectivity index (χ0v) is 20.0. The van der Waals surface area contributed by atoms with Crippen LogP contribution in [0, 0.1) is 11.8 Å². The van der Waals surface area contributed by atoms with Gasteiger partial charge in [-0.15, -0.1) is 0 Å². The first kappa shape index (κ1) is 25.7. The van der Waals surface area contributed by atoms with E-state index in [-0.39, 0.29) is 12.0 Å². The monoisotopic (exact) mass is 455 g/mol. The third-order valence-electron chi connectivity index (χ3n) is 4.61. The van der Waals surface area contributed by atoms with E-state index in [1.807, 2.05) is 40.7 Å². The van der Waals surface area contributed by atoms with Crippen LogP contribution in [-0.2, 0) is 9.59 Å². The molecule has 0 aliphatic carbocycles. The first-order valence-corrected chi connectivity index (χ1v) is 11.0. The van der Waals surface area contributed by atoms with E-state index in [0.29, 0.717) is 29.5 Å². The minimum absolute atomic E-state index is 0.0139. The molecule has 178 valence electrons. The summed E-state index contributed by atoms with van der Waals surface area (Å²) in [4.78, 5) is 25.4. The summed E-state index contributed by atoms with van der Waals surface area (Å²) in [7, 11) is 1.57. The minimum atomic E-state index is -0.912. The zero-order chi connectivity index (χ0) is 24.4. The van der Waals surface area contributed by atoms with Gasteiger partial charge >= 0.3 is 0 Å². The Labute approximate surface area is 195 Å². The highest BCUT2D eigenvalue weighted by molar-refractivity contribution is 6.06. The molecule has 0 fully saturated rings. The Kier molecular flexibility index (Phi) is 9.72. The number of rotatable bonds is 11. The Morgan fingerprint density at radius 1 is 1.00 bits per heavy atom. The average molecular weight is 456 g/mol. The van der Waals surface area contributed by atoms with Crippen molar-refractivity contribution in [3.8, 4) is 17.2 Å². The smallest absolute Gasteiger partial charge is 0.252 e. The van der Waals surface area contributed by atoms with Crippen LogP contribution in [0.5, 0.6) is 17.2 Å². The molecule has 2 N–H and O–H groups in total. The molecule has 1 atom stereocenters. The fraction of sp³-hybridized carbons (Fsp3) is 0.400. The van der Waals surface area contributed by atoms with Crippen LogP contribution < -0.4 is 25.0 Å². The number of carbonyl (C=O) groups is 2. The lowest BCUT2D eigenvalue weighted by molar-refractivity contribution is -0.134. The van der Waals surface area contributed by atoms with E-state index in [1.165, 1.54) is 6.21 Å². The van der Waals surface area contributed by atoms with Gasteiger partial charge in [0.05, 0.1) is 26.0 Å². The normalized spacial score (nSPS) is 12.0. The number of hydrazone groups is 1. The summed E-state index contributed by atoms with van der Waals surface area (Å²) in [6, 6.07) is 12.3. The number of hydrogen-bond acceptors (Lipinski definition) is 6. The Morgan fingerprint density at radius 3 is 2.27 bits per heavy atom. The Bertz CT molecular complexity index is 955. The molecular weight excluding hydrogens is 422 g/mol. The topological polar surface area (TPSA) is 98.2 Å². The second-order valence-corrected chi connectivity index (χ2v) is 7.98. The summed E-state index contributed by atoms with van der Waals surface area (Å²) in [5.41, 5.74) is 3.77. The predicted molar refractivity (Wildman–Crippen MR) is 129 cm³/mol. The lowest BCUT2D eigenvalue weighted by Gasteiger charge is -2.18. The second-order valence-electron chi connectivity index (χ2n) is 7.98. The summed E-state index contributed by atoms with van der Waals surface area (Å²) in [5, 5.41) is 6.80. The quantitative estimate of drug-likeness (QED) is 0.300. The average Bonchev–Trinajstić information content (AvgIpc) is 2.75. The van der Waals surface area contributed by atoms with Gasteiger partial charge in [-0.05, 0) is 74.7 Å². The number of hydrogen-bond donors (Lipinski definition) is 2. The molecule has 0 spiro atoms. The van der Waals surface area contributed by atoms with Crippen molar-refractivity contribution in [2.45, 2.75) is 40.7 Å². The molecule has 2 aromatic rings. The molecule has 0 aliphatic rings. The summed E-state index contributed by atoms with van der Waals surface area (Å²) >= 11 is 0. The van der Waals surface area contributed by atoms with Crippen LogP contribution >= 0.6 is 0 Å². The number of anilines is 1. The van der Waals surface area contributed by atoms with Crippen molar-refractivity contribution in [3.63, 3.8) is 0 Å². The molecule has 0 saturated heterocycles. The van der Waals surface area contributed by atoms with Crippen molar-refractivity contribution in [2.75, 3.05) is 19.0 Å². The highest BCUT2D eigenvalue weighted by Gasteiger charge is 2.30. The lowest BCUT2D eigenvalue weighted by Crippen LogP contribution is -2.39. The molecule has 0 saturated carbocycles. The summed E-state index contributed by atoms with van der Waals surface area (Å²) < 4.78 is 16.5. The van der Waals surface area contributed by atoms with Crippen molar-refractivity contribution in [3.05, 3.63) is 48.0 Å². The molecule has 2 amide bonds. The highest BCUT2D eigenvalue weighted by Crippen LogP contribution is 2.29. The molecule has 0 radical (unpaired) electrons. The van der Waals surface area contributed by atoms with Crippen molar-refractivity contribution in [2.24, 2.45) is 16.9 Å². The van der Waals surface area contributed by atoms with Gasteiger partial charge < -0.3 is 19.5 Å². The number of nitrogens with zero attached hydrogens (tertiary/aromatic N) is 1. The Balaban J connectivity index is 2.06. The van der Waals surface area contributed by atoms with E-state index in [4.69, 9.17) is 14.2 Å². The Morgan fingerprint density at radius 2 is 1.70 bits per heavy atom. The van der Waals surface area contributed by atoms with E-state index in [2.05, 4.69) is 15.8 Å². The number of carbonyl (C=O) groups excluding carboxylic acids is 2. The molecule has 0 heterocycles. The number of methoxy groups -OCH3 is 1. The Hall–Kier alpha value is -3.55. The van der Waals surface area contributed by atoms with Crippen LogP contribution in [0.4, 0.5) is 5.69 Å². The molecule has 8 nitrogen and oxygen atoms in total. The van der Waals surface area contributed by atoms with Crippen LogP contribution in [0.1, 0.15) is 40.2 Å². The molecule has 0 aromatic heterocycles. The SMILES string of the molecule is CCOc1cc(C=NNC(=O)C(C(=O)Nc2ccc(OC)cc2)C(C)C)ccc1OC(C)C. The molecule has 1 unspecified atom stereocenters. The number of benzene rings is 2. The third kappa shape index (κ3) is 7.82. The van der Waals surface area contributed by atoms with E-state index in [9.17, 15) is 9.59 Å². The van der Waals surface area contributed by atoms with Gasteiger partial charge in [0.25, 0.3) is 5.91 Å². The van der Waals surface area contributed by atoms with Gasteiger partial charge in [0.2, 0.25) is 5.91 Å². The van der Waals surface area contributed by atoms with E-state index < -0.39 is 17.7 Å². The van der Waals surface area contributed by atoms with Crippen LogP contribution in [0.25, 0.3) is 0 Å². The summed E-state index contributed by atoms with van der Waals surface area (Å²) in [6.07, 6.45) is 1.51. The maximum Gasteiger partial charge on any atom is 0.252 e. The first-order valence-electron chi connectivity index (χ1n) is 11.0. The second kappa shape index (κ2) is 12.5. The van der Waals surface area contributed by atoms with Crippen molar-refractivity contribution in [1.29, 1.82) is 0 Å². The van der Waals surface area contributed by atoms with Crippen molar-refractivity contribution in [1.82, 2.24) is 5.43 Å². The van der Waals surface area contributed by atoms with Gasteiger partial charge in [-0.2, -0.15) is 5.10 Å². The molecule has 0 bridgehead atoms. The van der Waals surface area contributed by atoms with Crippen molar-refractivity contribution >= 4 is 23.7 Å². The molecule has 0 aliphatic heterocycles. The first-order chi connectivity index (χ1) is 15.7. The lowest BCUT2D eigenvalue weighted by atomic mass is 9.94. The van der Waals surface area contributed by atoms with Gasteiger partial charge in [-0.3, -0.25) is 9.59 Å². The number of amides is 2. The maximum absolute atomic E-state index is 12.7. The van der Waals surface area contributed by atoms with Gasteiger partial charge in [0, 0.05) is 5.69 Å². The van der Waals surface area contributed by atoms with Crippen LogP contribution in [0.2, 0.25) is 0 Å². The highest BCUT2D eigenvalue weighted by atomic mass is 16.5. The standard InChI is InChI=1S/C25H33N3O5/c1-7-32-22-14-18(8-13-21(22)33-17(4)5)15-26-28-25(30)23(16(2)3)24(29)27-19-9-11-20(31-6)12-10-19/h8-17,23H,7H2,1-6H3,(H,27,29)(H,28,30). The van der Waals surface area contributed by atoms with Crippen LogP contribution in [0.3, 0.4) is 0 Å². The van der Waals surface area contributed by atoms with E-state index in [0.717, 1.165) is 5.56 Å². The van der Waals surface area contributed by atoms with E-state index in [1.54, 1.807) is 43.5 Å². The number of ether oxygens (including phenoxy) is 3. The van der Waals surface area contributed by atoms with Gasteiger partial charge in [-0.1, -0.05) is 13.8 Å². The van der Waals surface area contributed by atoms with Crippen LogP contribution in [-0.4, -0.2) is 37.8 Å². The molecule has 2 rings (SSSR count). The fourth-order valence-corrected chi connectivity index (χ4v) is 3.08. The maximum atomic E-state index is 12.7. The molecule has 33 heavy (non-hydrogen) atoms. The third-order valence-corrected chi connectivity index (χ3v) is 4.61. The van der Waals surface area contributed by atoms with Gasteiger partial charge in [0.15, 0.2) is 11.5 Å². The van der Waals surface area contributed by atoms with Crippen molar-refractivity contribution < 1.29 is 23.8 Å². The van der Waals surface area contributed by atoms with E-state index >= 15 is 0 Å². The number of nitrogens with one attached hydrogen (secondary N) is 2. The largest absolute Gasteiger partial charge is 0.497 e. The fourth-order valence-electron chi connectivity index (χ4n) is 3.08. The summed E-state index contributed by atoms with van der Waals surface area (Å²) in [6.45, 7) is 9.88. The zero-order valence-electron chi connectivity index (χ0n) is 20.0. The molecule has 2 aromatic carbocycles. The minimum Gasteiger partial charge on any atom is -0.497 e. The summed E-state index contributed by atoms with van der Waals surface area (Å²) in [5.74, 6) is -0.116. The molecule has 8 heteroatoms. The predicted octanol–water partition coefficient (Wildman–Crippen LogP) is 4.24. The van der Waals surface area contributed by atoms with Gasteiger partial charge in [0.1, 0.15) is 11.7 Å².